The molecule has 1 aliphatic heterocycles. The van der Waals surface area contributed by atoms with Crippen molar-refractivity contribution >= 4 is 29.0 Å². The summed E-state index contributed by atoms with van der Waals surface area (Å²) in [5.41, 5.74) is 0.894. The van der Waals surface area contributed by atoms with Crippen molar-refractivity contribution in [3.8, 4) is 0 Å². The molecule has 1 heterocycles. The number of hydrogen-bond donors (Lipinski definition) is 1. The van der Waals surface area contributed by atoms with Gasteiger partial charge in [-0.2, -0.15) is 0 Å². The molecule has 3 nitrogen and oxygen atoms in total. The molecular weight excluding hydrogens is 297 g/mol. The van der Waals surface area contributed by atoms with Gasteiger partial charge in [0, 0.05) is 12.5 Å². The summed E-state index contributed by atoms with van der Waals surface area (Å²) in [6, 6.07) is 5.46. The molecule has 0 aliphatic carbocycles. The third kappa shape index (κ3) is 3.95. The monoisotopic (exact) mass is 315 g/mol. The average Bonchev–Trinajstić information content (AvgIpc) is 2.89. The summed E-state index contributed by atoms with van der Waals surface area (Å²) in [6.45, 7) is 4.12. The highest BCUT2D eigenvalue weighted by Gasteiger charge is 2.33. The number of halogens is 2. The van der Waals surface area contributed by atoms with Crippen molar-refractivity contribution in [1.29, 1.82) is 0 Å². The molecule has 2 unspecified atom stereocenters. The van der Waals surface area contributed by atoms with Gasteiger partial charge in [-0.3, -0.25) is 4.79 Å². The fourth-order valence-corrected chi connectivity index (χ4v) is 2.71. The van der Waals surface area contributed by atoms with Crippen LogP contribution in [0.3, 0.4) is 0 Å². The number of Topliss-reactive ketones (excluding diaryl/α,β-unsaturated/α-hetero) is 1. The highest BCUT2D eigenvalue weighted by molar-refractivity contribution is 6.42. The lowest BCUT2D eigenvalue weighted by molar-refractivity contribution is -0.122. The summed E-state index contributed by atoms with van der Waals surface area (Å²) in [4.78, 5) is 12.4. The van der Waals surface area contributed by atoms with Crippen LogP contribution < -0.4 is 5.32 Å². The topological polar surface area (TPSA) is 38.3 Å². The summed E-state index contributed by atoms with van der Waals surface area (Å²) >= 11 is 11.9. The van der Waals surface area contributed by atoms with Crippen LogP contribution >= 0.6 is 23.2 Å². The SMILES string of the molecule is CCCNC1COCC1C(=O)Cc1ccc(Cl)c(Cl)c1. The highest BCUT2D eigenvalue weighted by Crippen LogP contribution is 2.24. The number of hydrogen-bond acceptors (Lipinski definition) is 3. The molecule has 1 saturated heterocycles. The van der Waals surface area contributed by atoms with E-state index in [4.69, 9.17) is 27.9 Å². The third-order valence-electron chi connectivity index (χ3n) is 3.51. The first-order chi connectivity index (χ1) is 9.61. The Morgan fingerprint density at radius 3 is 2.85 bits per heavy atom. The zero-order chi connectivity index (χ0) is 14.5. The predicted molar refractivity (Wildman–Crippen MR) is 81.6 cm³/mol. The van der Waals surface area contributed by atoms with Gasteiger partial charge in [0.2, 0.25) is 0 Å². The molecule has 1 aromatic rings. The Morgan fingerprint density at radius 1 is 1.35 bits per heavy atom. The van der Waals surface area contributed by atoms with Crippen molar-refractivity contribution in [2.24, 2.45) is 5.92 Å². The second-order valence-corrected chi connectivity index (χ2v) is 5.91. The molecule has 2 rings (SSSR count). The van der Waals surface area contributed by atoms with E-state index in [1.165, 1.54) is 0 Å². The largest absolute Gasteiger partial charge is 0.379 e. The molecule has 1 aromatic carbocycles. The standard InChI is InChI=1S/C15H19Cl2NO2/c1-2-5-18-14-9-20-8-11(14)15(19)7-10-3-4-12(16)13(17)6-10/h3-4,6,11,14,18H,2,5,7-9H2,1H3. The van der Waals surface area contributed by atoms with E-state index < -0.39 is 0 Å². The Kier molecular flexibility index (Phi) is 5.85. The smallest absolute Gasteiger partial charge is 0.144 e. The normalized spacial score (nSPS) is 22.1. The predicted octanol–water partition coefficient (Wildman–Crippen LogP) is 3.12. The maximum absolute atomic E-state index is 12.4. The molecule has 110 valence electrons. The summed E-state index contributed by atoms with van der Waals surface area (Å²) < 4.78 is 5.44. The van der Waals surface area contributed by atoms with E-state index in [0.717, 1.165) is 18.5 Å². The van der Waals surface area contributed by atoms with Gasteiger partial charge in [0.25, 0.3) is 0 Å². The number of rotatable bonds is 6. The van der Waals surface area contributed by atoms with Gasteiger partial charge in [0.15, 0.2) is 0 Å². The molecule has 1 N–H and O–H groups in total. The molecular formula is C15H19Cl2NO2. The van der Waals surface area contributed by atoms with Crippen LogP contribution in [0.15, 0.2) is 18.2 Å². The van der Waals surface area contributed by atoms with Crippen LogP contribution in [-0.4, -0.2) is 31.6 Å². The first kappa shape index (κ1) is 15.8. The first-order valence-electron chi connectivity index (χ1n) is 6.89. The third-order valence-corrected chi connectivity index (χ3v) is 4.25. The molecule has 20 heavy (non-hydrogen) atoms. The number of nitrogens with one attached hydrogen (secondary N) is 1. The van der Waals surface area contributed by atoms with E-state index in [-0.39, 0.29) is 17.7 Å². The second kappa shape index (κ2) is 7.41. The maximum atomic E-state index is 12.4. The number of benzene rings is 1. The Hall–Kier alpha value is -0.610. The minimum Gasteiger partial charge on any atom is -0.379 e. The van der Waals surface area contributed by atoms with E-state index >= 15 is 0 Å². The number of carbonyl (C=O) groups is 1. The van der Waals surface area contributed by atoms with E-state index in [1.807, 2.05) is 6.07 Å². The number of ether oxygens (including phenoxy) is 1. The molecule has 1 fully saturated rings. The molecule has 1 aliphatic rings. The van der Waals surface area contributed by atoms with E-state index in [2.05, 4.69) is 12.2 Å². The van der Waals surface area contributed by atoms with E-state index in [9.17, 15) is 4.79 Å². The van der Waals surface area contributed by atoms with Crippen LogP contribution in [0.2, 0.25) is 10.0 Å². The molecule has 0 saturated carbocycles. The maximum Gasteiger partial charge on any atom is 0.144 e. The van der Waals surface area contributed by atoms with Gasteiger partial charge < -0.3 is 10.1 Å². The molecule has 0 spiro atoms. The van der Waals surface area contributed by atoms with Gasteiger partial charge in [-0.15, -0.1) is 0 Å². The van der Waals surface area contributed by atoms with Gasteiger partial charge in [-0.1, -0.05) is 36.2 Å². The lowest BCUT2D eigenvalue weighted by Crippen LogP contribution is -2.40. The molecule has 0 amide bonds. The fraction of sp³-hybridized carbons (Fsp3) is 0.533. The zero-order valence-corrected chi connectivity index (χ0v) is 13.0. The molecule has 5 heteroatoms. The van der Waals surface area contributed by atoms with Crippen LogP contribution in [0, 0.1) is 5.92 Å². The second-order valence-electron chi connectivity index (χ2n) is 5.10. The van der Waals surface area contributed by atoms with Crippen molar-refractivity contribution in [3.63, 3.8) is 0 Å². The Labute approximate surface area is 129 Å². The zero-order valence-electron chi connectivity index (χ0n) is 11.5. The summed E-state index contributed by atoms with van der Waals surface area (Å²) in [6.07, 6.45) is 1.42. The van der Waals surface area contributed by atoms with Gasteiger partial charge in [-0.05, 0) is 30.7 Å². The van der Waals surface area contributed by atoms with Crippen LogP contribution in [0.4, 0.5) is 0 Å². The Bertz CT molecular complexity index is 479. The number of ketones is 1. The van der Waals surface area contributed by atoms with Crippen molar-refractivity contribution in [2.45, 2.75) is 25.8 Å². The van der Waals surface area contributed by atoms with Crippen molar-refractivity contribution in [2.75, 3.05) is 19.8 Å². The molecule has 2 atom stereocenters. The minimum atomic E-state index is -0.0731. The van der Waals surface area contributed by atoms with Crippen LogP contribution in [-0.2, 0) is 16.0 Å². The fourth-order valence-electron chi connectivity index (χ4n) is 2.38. The molecule has 0 aromatic heterocycles. The lowest BCUT2D eigenvalue weighted by atomic mass is 9.93. The molecule has 0 bridgehead atoms. The summed E-state index contributed by atoms with van der Waals surface area (Å²) in [5.74, 6) is 0.116. The minimum absolute atomic E-state index is 0.0731. The Balaban J connectivity index is 1.98. The first-order valence-corrected chi connectivity index (χ1v) is 7.65. The Morgan fingerprint density at radius 2 is 2.15 bits per heavy atom. The van der Waals surface area contributed by atoms with E-state index in [1.54, 1.807) is 12.1 Å². The molecule has 0 radical (unpaired) electrons. The van der Waals surface area contributed by atoms with Gasteiger partial charge in [-0.25, -0.2) is 0 Å². The quantitative estimate of drug-likeness (QED) is 0.876. The summed E-state index contributed by atoms with van der Waals surface area (Å²) in [7, 11) is 0. The van der Waals surface area contributed by atoms with Gasteiger partial charge >= 0.3 is 0 Å². The van der Waals surface area contributed by atoms with Crippen molar-refractivity contribution in [1.82, 2.24) is 5.32 Å². The van der Waals surface area contributed by atoms with Gasteiger partial charge in [0.05, 0.1) is 29.2 Å². The number of carbonyl (C=O) groups excluding carboxylic acids is 1. The van der Waals surface area contributed by atoms with Gasteiger partial charge in [0.1, 0.15) is 5.78 Å². The van der Waals surface area contributed by atoms with Crippen molar-refractivity contribution in [3.05, 3.63) is 33.8 Å². The summed E-state index contributed by atoms with van der Waals surface area (Å²) in [5, 5.41) is 4.37. The van der Waals surface area contributed by atoms with Crippen LogP contribution in [0.25, 0.3) is 0 Å². The highest BCUT2D eigenvalue weighted by atomic mass is 35.5. The average molecular weight is 316 g/mol. The van der Waals surface area contributed by atoms with Crippen molar-refractivity contribution < 1.29 is 9.53 Å². The van der Waals surface area contributed by atoms with Crippen LogP contribution in [0.1, 0.15) is 18.9 Å². The van der Waals surface area contributed by atoms with E-state index in [0.29, 0.717) is 29.7 Å². The van der Waals surface area contributed by atoms with Crippen LogP contribution in [0.5, 0.6) is 0 Å². The lowest BCUT2D eigenvalue weighted by Gasteiger charge is -2.17.